The van der Waals surface area contributed by atoms with Gasteiger partial charge in [-0.1, -0.05) is 12.1 Å². The number of rotatable bonds is 4. The highest BCUT2D eigenvalue weighted by Gasteiger charge is 2.13. The van der Waals surface area contributed by atoms with Crippen molar-refractivity contribution >= 4 is 34.5 Å². The number of carbonyl (C=O) groups is 2. The molecule has 0 aliphatic rings. The zero-order valence-corrected chi connectivity index (χ0v) is 10.9. The fraction of sp³-hybridized carbons (Fsp3) is 0.273. The van der Waals surface area contributed by atoms with Crippen molar-refractivity contribution in [2.24, 2.45) is 0 Å². The minimum absolute atomic E-state index is 0.203. The maximum Gasteiger partial charge on any atom is 0.325 e. The van der Waals surface area contributed by atoms with Crippen LogP contribution in [-0.4, -0.2) is 23.0 Å². The summed E-state index contributed by atoms with van der Waals surface area (Å²) in [5, 5.41) is 11.0. The van der Waals surface area contributed by atoms with Crippen molar-refractivity contribution in [3.63, 3.8) is 0 Å². The van der Waals surface area contributed by atoms with E-state index in [1.807, 2.05) is 24.3 Å². The molecule has 0 bridgehead atoms. The minimum Gasteiger partial charge on any atom is -0.480 e. The number of hydrogen-bond donors (Lipinski definition) is 2. The standard InChI is InChI=1S/C11H12INO3/c1-7(11(15)16)13-10(14)6-8-2-4-9(12)5-3-8/h2-5,7H,6H2,1H3,(H,13,14)(H,15,16)/t7-/m1/s1. The molecule has 0 saturated carbocycles. The lowest BCUT2D eigenvalue weighted by molar-refractivity contribution is -0.141. The van der Waals surface area contributed by atoms with Crippen LogP contribution in [0, 0.1) is 3.57 Å². The molecule has 0 spiro atoms. The second kappa shape index (κ2) is 5.83. The van der Waals surface area contributed by atoms with Crippen molar-refractivity contribution in [1.29, 1.82) is 0 Å². The monoisotopic (exact) mass is 333 g/mol. The van der Waals surface area contributed by atoms with Gasteiger partial charge in [-0.2, -0.15) is 0 Å². The molecule has 0 aliphatic carbocycles. The molecule has 0 heterocycles. The average Bonchev–Trinajstić information content (AvgIpc) is 2.21. The second-order valence-corrected chi connectivity index (χ2v) is 4.68. The van der Waals surface area contributed by atoms with Crippen LogP contribution in [0.3, 0.4) is 0 Å². The van der Waals surface area contributed by atoms with E-state index in [9.17, 15) is 9.59 Å². The van der Waals surface area contributed by atoms with Gasteiger partial charge in [0.15, 0.2) is 0 Å². The third kappa shape index (κ3) is 4.18. The summed E-state index contributed by atoms with van der Waals surface area (Å²) >= 11 is 2.18. The highest BCUT2D eigenvalue weighted by molar-refractivity contribution is 14.1. The number of amides is 1. The highest BCUT2D eigenvalue weighted by Crippen LogP contribution is 2.07. The van der Waals surface area contributed by atoms with Crippen LogP contribution in [0.25, 0.3) is 0 Å². The van der Waals surface area contributed by atoms with Crippen molar-refractivity contribution < 1.29 is 14.7 Å². The molecule has 5 heteroatoms. The predicted molar refractivity (Wildman–Crippen MR) is 68.1 cm³/mol. The summed E-state index contributed by atoms with van der Waals surface area (Å²) in [6, 6.07) is 6.67. The van der Waals surface area contributed by atoms with Crippen LogP contribution in [0.1, 0.15) is 12.5 Å². The number of carbonyl (C=O) groups excluding carboxylic acids is 1. The smallest absolute Gasteiger partial charge is 0.325 e. The average molecular weight is 333 g/mol. The molecule has 0 saturated heterocycles. The van der Waals surface area contributed by atoms with Gasteiger partial charge in [-0.25, -0.2) is 0 Å². The maximum absolute atomic E-state index is 11.4. The molecule has 0 aromatic heterocycles. The van der Waals surface area contributed by atoms with Gasteiger partial charge in [0.25, 0.3) is 0 Å². The van der Waals surface area contributed by atoms with Crippen LogP contribution in [0.4, 0.5) is 0 Å². The first-order valence-corrected chi connectivity index (χ1v) is 5.83. The van der Waals surface area contributed by atoms with Gasteiger partial charge in [-0.15, -0.1) is 0 Å². The van der Waals surface area contributed by atoms with E-state index in [0.717, 1.165) is 9.13 Å². The first kappa shape index (κ1) is 13.0. The zero-order chi connectivity index (χ0) is 12.1. The molecule has 86 valence electrons. The Bertz CT molecular complexity index is 389. The number of aliphatic carboxylic acids is 1. The fourth-order valence-electron chi connectivity index (χ4n) is 1.14. The molecule has 1 aromatic rings. The van der Waals surface area contributed by atoms with Crippen LogP contribution in [0.15, 0.2) is 24.3 Å². The van der Waals surface area contributed by atoms with Crippen molar-refractivity contribution in [1.82, 2.24) is 5.32 Å². The lowest BCUT2D eigenvalue weighted by Gasteiger charge is -2.09. The lowest BCUT2D eigenvalue weighted by Crippen LogP contribution is -2.39. The first-order chi connectivity index (χ1) is 7.49. The molecule has 0 unspecified atom stereocenters. The molecule has 1 rings (SSSR count). The topological polar surface area (TPSA) is 66.4 Å². The van der Waals surface area contributed by atoms with Crippen molar-refractivity contribution in [2.45, 2.75) is 19.4 Å². The van der Waals surface area contributed by atoms with E-state index >= 15 is 0 Å². The summed E-state index contributed by atoms with van der Waals surface area (Å²) in [5.74, 6) is -1.31. The maximum atomic E-state index is 11.4. The molecular weight excluding hydrogens is 321 g/mol. The van der Waals surface area contributed by atoms with Crippen LogP contribution >= 0.6 is 22.6 Å². The van der Waals surface area contributed by atoms with Crippen LogP contribution in [-0.2, 0) is 16.0 Å². The highest BCUT2D eigenvalue weighted by atomic mass is 127. The van der Waals surface area contributed by atoms with E-state index in [-0.39, 0.29) is 12.3 Å². The summed E-state index contributed by atoms with van der Waals surface area (Å²) in [6.45, 7) is 1.44. The second-order valence-electron chi connectivity index (χ2n) is 3.43. The Kier molecular flexibility index (Phi) is 4.72. The quantitative estimate of drug-likeness (QED) is 0.819. The molecule has 0 fully saturated rings. The first-order valence-electron chi connectivity index (χ1n) is 4.75. The van der Waals surface area contributed by atoms with E-state index in [1.54, 1.807) is 0 Å². The predicted octanol–water partition coefficient (Wildman–Crippen LogP) is 1.42. The summed E-state index contributed by atoms with van der Waals surface area (Å²) < 4.78 is 1.10. The Morgan fingerprint density at radius 1 is 1.38 bits per heavy atom. The van der Waals surface area contributed by atoms with Gasteiger partial charge in [0.05, 0.1) is 6.42 Å². The lowest BCUT2D eigenvalue weighted by atomic mass is 10.1. The van der Waals surface area contributed by atoms with Gasteiger partial charge < -0.3 is 10.4 Å². The van der Waals surface area contributed by atoms with E-state index < -0.39 is 12.0 Å². The SMILES string of the molecule is C[C@@H](NC(=O)Cc1ccc(I)cc1)C(=O)O. The third-order valence-corrected chi connectivity index (χ3v) is 2.75. The van der Waals surface area contributed by atoms with Crippen LogP contribution in [0.5, 0.6) is 0 Å². The fourth-order valence-corrected chi connectivity index (χ4v) is 1.50. The molecule has 2 N–H and O–H groups in total. The molecule has 0 radical (unpaired) electrons. The van der Waals surface area contributed by atoms with Gasteiger partial charge in [0.2, 0.25) is 5.91 Å². The summed E-state index contributed by atoms with van der Waals surface area (Å²) in [4.78, 5) is 22.0. The zero-order valence-electron chi connectivity index (χ0n) is 8.74. The Morgan fingerprint density at radius 3 is 2.44 bits per heavy atom. The number of hydrogen-bond acceptors (Lipinski definition) is 2. The summed E-state index contributed by atoms with van der Waals surface area (Å²) in [5.41, 5.74) is 0.871. The van der Waals surface area contributed by atoms with E-state index in [4.69, 9.17) is 5.11 Å². The van der Waals surface area contributed by atoms with Gasteiger partial charge >= 0.3 is 5.97 Å². The van der Waals surface area contributed by atoms with Crippen molar-refractivity contribution in [3.8, 4) is 0 Å². The number of nitrogens with one attached hydrogen (secondary N) is 1. The van der Waals surface area contributed by atoms with Gasteiger partial charge in [-0.05, 0) is 47.2 Å². The van der Waals surface area contributed by atoms with Gasteiger partial charge in [0, 0.05) is 3.57 Å². The Morgan fingerprint density at radius 2 is 1.94 bits per heavy atom. The number of carboxylic acids is 1. The van der Waals surface area contributed by atoms with Crippen molar-refractivity contribution in [3.05, 3.63) is 33.4 Å². The molecular formula is C11H12INO3. The Labute approximate surface area is 107 Å². The molecule has 1 aromatic carbocycles. The van der Waals surface area contributed by atoms with E-state index in [0.29, 0.717) is 0 Å². The largest absolute Gasteiger partial charge is 0.480 e. The molecule has 4 nitrogen and oxygen atoms in total. The Hall–Kier alpha value is -1.11. The normalized spacial score (nSPS) is 11.9. The molecule has 0 aliphatic heterocycles. The summed E-state index contributed by atoms with van der Waals surface area (Å²) in [7, 11) is 0. The van der Waals surface area contributed by atoms with Crippen LogP contribution < -0.4 is 5.32 Å². The van der Waals surface area contributed by atoms with Gasteiger partial charge in [0.1, 0.15) is 6.04 Å². The third-order valence-electron chi connectivity index (χ3n) is 2.03. The molecule has 16 heavy (non-hydrogen) atoms. The van der Waals surface area contributed by atoms with Gasteiger partial charge in [-0.3, -0.25) is 9.59 Å². The number of halogens is 1. The molecule has 1 amide bonds. The van der Waals surface area contributed by atoms with Crippen LogP contribution in [0.2, 0.25) is 0 Å². The Balaban J connectivity index is 2.52. The minimum atomic E-state index is -1.03. The molecule has 1 atom stereocenters. The van der Waals surface area contributed by atoms with E-state index in [1.165, 1.54) is 6.92 Å². The van der Waals surface area contributed by atoms with E-state index in [2.05, 4.69) is 27.9 Å². The number of carboxylic acid groups (broad SMARTS) is 1. The number of benzene rings is 1. The van der Waals surface area contributed by atoms with Crippen molar-refractivity contribution in [2.75, 3.05) is 0 Å². The summed E-state index contributed by atoms with van der Waals surface area (Å²) in [6.07, 6.45) is 0.203.